The van der Waals surface area contributed by atoms with Gasteiger partial charge >= 0.3 is 6.03 Å². The summed E-state index contributed by atoms with van der Waals surface area (Å²) in [6, 6.07) is 8.31. The maximum Gasteiger partial charge on any atom is 0.314 e. The molecule has 0 aliphatic carbocycles. The summed E-state index contributed by atoms with van der Waals surface area (Å²) in [5.41, 5.74) is 2.59. The molecule has 2 rings (SSSR count). The Bertz CT molecular complexity index is 491. The van der Waals surface area contributed by atoms with Crippen LogP contribution in [0.2, 0.25) is 0 Å². The number of urea groups is 1. The predicted molar refractivity (Wildman–Crippen MR) is 89.6 cm³/mol. The molecule has 22 heavy (non-hydrogen) atoms. The van der Waals surface area contributed by atoms with Gasteiger partial charge in [0, 0.05) is 38.3 Å². The van der Waals surface area contributed by atoms with Crippen LogP contribution in [0.3, 0.4) is 0 Å². The topological polar surface area (TPSA) is 53.6 Å². The molecule has 2 N–H and O–H groups in total. The van der Waals surface area contributed by atoms with Crippen molar-refractivity contribution < 1.29 is 9.53 Å². The van der Waals surface area contributed by atoms with Gasteiger partial charge in [0.15, 0.2) is 0 Å². The Kier molecular flexibility index (Phi) is 6.07. The largest absolute Gasteiger partial charge is 0.377 e. The van der Waals surface area contributed by atoms with E-state index in [1.807, 2.05) is 13.8 Å². The van der Waals surface area contributed by atoms with Crippen molar-refractivity contribution in [1.29, 1.82) is 0 Å². The molecular weight excluding hydrogens is 278 g/mol. The number of hydrogen-bond acceptors (Lipinski definition) is 3. The van der Waals surface area contributed by atoms with E-state index in [2.05, 4.69) is 46.8 Å². The number of hydrogen-bond donors (Lipinski definition) is 2. The van der Waals surface area contributed by atoms with E-state index >= 15 is 0 Å². The predicted octanol–water partition coefficient (Wildman–Crippen LogP) is 2.33. The number of rotatable bonds is 6. The third-order valence-corrected chi connectivity index (χ3v) is 3.95. The number of carbonyl (C=O) groups is 1. The number of para-hydroxylation sites is 1. The second kappa shape index (κ2) is 8.03. The molecular formula is C17H27N3O2. The first-order valence-electron chi connectivity index (χ1n) is 8.01. The summed E-state index contributed by atoms with van der Waals surface area (Å²) in [4.78, 5) is 14.1. The van der Waals surface area contributed by atoms with Gasteiger partial charge in [0.2, 0.25) is 0 Å². The molecule has 0 spiro atoms. The number of benzene rings is 1. The van der Waals surface area contributed by atoms with Gasteiger partial charge in [0.1, 0.15) is 0 Å². The van der Waals surface area contributed by atoms with Crippen LogP contribution in [0.4, 0.5) is 10.5 Å². The summed E-state index contributed by atoms with van der Waals surface area (Å²) in [7, 11) is 2.11. The lowest BCUT2D eigenvalue weighted by Crippen LogP contribution is -2.40. The minimum atomic E-state index is -0.122. The number of nitrogens with one attached hydrogen (secondary N) is 2. The van der Waals surface area contributed by atoms with E-state index < -0.39 is 0 Å². The summed E-state index contributed by atoms with van der Waals surface area (Å²) in [5.74, 6) is 0.380. The van der Waals surface area contributed by atoms with Gasteiger partial charge in [-0.3, -0.25) is 0 Å². The van der Waals surface area contributed by atoms with Gasteiger partial charge in [-0.15, -0.1) is 0 Å². The highest BCUT2D eigenvalue weighted by atomic mass is 16.5. The number of anilines is 1. The standard InChI is InChI=1S/C17H27N3O2/c1-13(2)22-11-9-18-17(21)19-12-14-8-10-20(3)16-7-5-4-6-15(14)16/h4-7,13-14H,8-12H2,1-3H3,(H2,18,19,21)/t14-/m0/s1. The van der Waals surface area contributed by atoms with Crippen molar-refractivity contribution >= 4 is 11.7 Å². The lowest BCUT2D eigenvalue weighted by molar-refractivity contribution is 0.0817. The van der Waals surface area contributed by atoms with Crippen LogP contribution in [0.1, 0.15) is 31.7 Å². The van der Waals surface area contributed by atoms with E-state index in [-0.39, 0.29) is 12.1 Å². The summed E-state index contributed by atoms with van der Waals surface area (Å²) >= 11 is 0. The van der Waals surface area contributed by atoms with Gasteiger partial charge in [0.05, 0.1) is 12.7 Å². The molecule has 0 saturated carbocycles. The fraction of sp³-hybridized carbons (Fsp3) is 0.588. The van der Waals surface area contributed by atoms with Crippen LogP contribution >= 0.6 is 0 Å². The summed E-state index contributed by atoms with van der Waals surface area (Å²) < 4.78 is 5.40. The highest BCUT2D eigenvalue weighted by Crippen LogP contribution is 2.33. The van der Waals surface area contributed by atoms with Crippen molar-refractivity contribution in [3.8, 4) is 0 Å². The quantitative estimate of drug-likeness (QED) is 0.793. The third-order valence-electron chi connectivity index (χ3n) is 3.95. The number of amides is 2. The molecule has 1 aliphatic heterocycles. The molecule has 0 radical (unpaired) electrons. The first-order valence-corrected chi connectivity index (χ1v) is 8.01. The van der Waals surface area contributed by atoms with Gasteiger partial charge in [0.25, 0.3) is 0 Å². The number of ether oxygens (including phenoxy) is 1. The van der Waals surface area contributed by atoms with Crippen LogP contribution in [0.15, 0.2) is 24.3 Å². The lowest BCUT2D eigenvalue weighted by Gasteiger charge is -2.33. The van der Waals surface area contributed by atoms with Crippen LogP contribution in [0.5, 0.6) is 0 Å². The molecule has 122 valence electrons. The fourth-order valence-corrected chi connectivity index (χ4v) is 2.76. The maximum atomic E-state index is 11.8. The first kappa shape index (κ1) is 16.6. The van der Waals surface area contributed by atoms with E-state index in [0.717, 1.165) is 13.0 Å². The van der Waals surface area contributed by atoms with Crippen LogP contribution < -0.4 is 15.5 Å². The average molecular weight is 305 g/mol. The van der Waals surface area contributed by atoms with Crippen molar-refractivity contribution in [2.24, 2.45) is 0 Å². The smallest absolute Gasteiger partial charge is 0.314 e. The van der Waals surface area contributed by atoms with Gasteiger partial charge in [-0.05, 0) is 31.9 Å². The fourth-order valence-electron chi connectivity index (χ4n) is 2.76. The zero-order valence-corrected chi connectivity index (χ0v) is 13.8. The van der Waals surface area contributed by atoms with E-state index in [1.54, 1.807) is 0 Å². The average Bonchev–Trinajstić information content (AvgIpc) is 2.51. The lowest BCUT2D eigenvalue weighted by atomic mass is 9.90. The van der Waals surface area contributed by atoms with E-state index in [9.17, 15) is 4.79 Å². The Labute approximate surface area is 133 Å². The van der Waals surface area contributed by atoms with Crippen LogP contribution in [0, 0.1) is 0 Å². The monoisotopic (exact) mass is 305 g/mol. The molecule has 0 fully saturated rings. The molecule has 0 saturated heterocycles. The van der Waals surface area contributed by atoms with Crippen molar-refractivity contribution in [3.05, 3.63) is 29.8 Å². The Morgan fingerprint density at radius 1 is 1.36 bits per heavy atom. The van der Waals surface area contributed by atoms with Crippen molar-refractivity contribution in [2.75, 3.05) is 38.2 Å². The summed E-state index contributed by atoms with van der Waals surface area (Å²) in [6.07, 6.45) is 1.25. The molecule has 1 aromatic rings. The Morgan fingerprint density at radius 3 is 2.91 bits per heavy atom. The van der Waals surface area contributed by atoms with Gasteiger partial charge in [-0.2, -0.15) is 0 Å². The molecule has 2 amide bonds. The highest BCUT2D eigenvalue weighted by Gasteiger charge is 2.22. The Hall–Kier alpha value is -1.75. The molecule has 5 nitrogen and oxygen atoms in total. The number of nitrogens with zero attached hydrogens (tertiary/aromatic N) is 1. The van der Waals surface area contributed by atoms with Gasteiger partial charge < -0.3 is 20.3 Å². The number of carbonyl (C=O) groups excluding carboxylic acids is 1. The van der Waals surface area contributed by atoms with Gasteiger partial charge in [-0.25, -0.2) is 4.79 Å². The summed E-state index contributed by atoms with van der Waals surface area (Å²) in [6.45, 7) is 6.74. The van der Waals surface area contributed by atoms with E-state index in [0.29, 0.717) is 25.6 Å². The maximum absolute atomic E-state index is 11.8. The molecule has 5 heteroatoms. The zero-order chi connectivity index (χ0) is 15.9. The normalized spacial score (nSPS) is 17.3. The molecule has 0 aromatic heterocycles. The third kappa shape index (κ3) is 4.63. The second-order valence-corrected chi connectivity index (χ2v) is 6.02. The Morgan fingerprint density at radius 2 is 2.14 bits per heavy atom. The molecule has 1 heterocycles. The molecule has 1 aromatic carbocycles. The van der Waals surface area contributed by atoms with E-state index in [4.69, 9.17) is 4.74 Å². The van der Waals surface area contributed by atoms with Crippen molar-refractivity contribution in [3.63, 3.8) is 0 Å². The highest BCUT2D eigenvalue weighted by molar-refractivity contribution is 5.74. The van der Waals surface area contributed by atoms with Crippen molar-refractivity contribution in [1.82, 2.24) is 10.6 Å². The van der Waals surface area contributed by atoms with Crippen molar-refractivity contribution in [2.45, 2.75) is 32.3 Å². The zero-order valence-electron chi connectivity index (χ0n) is 13.8. The SMILES string of the molecule is CC(C)OCCNC(=O)NC[C@@H]1CCN(C)c2ccccc21. The first-order chi connectivity index (χ1) is 10.6. The minimum absolute atomic E-state index is 0.122. The van der Waals surface area contributed by atoms with Crippen LogP contribution in [0.25, 0.3) is 0 Å². The minimum Gasteiger partial charge on any atom is -0.377 e. The van der Waals surface area contributed by atoms with Gasteiger partial charge in [-0.1, -0.05) is 18.2 Å². The van der Waals surface area contributed by atoms with Crippen LogP contribution in [-0.4, -0.2) is 45.4 Å². The molecule has 0 unspecified atom stereocenters. The molecule has 0 bridgehead atoms. The molecule has 1 atom stereocenters. The second-order valence-electron chi connectivity index (χ2n) is 6.02. The van der Waals surface area contributed by atoms with E-state index in [1.165, 1.54) is 11.3 Å². The Balaban J connectivity index is 1.78. The molecule has 1 aliphatic rings. The number of fused-ring (bicyclic) bond motifs is 1. The summed E-state index contributed by atoms with van der Waals surface area (Å²) in [5, 5.41) is 5.80. The van der Waals surface area contributed by atoms with Crippen LogP contribution in [-0.2, 0) is 4.74 Å².